The standard InChI is InChI=1S/C23H21NO4/c1-27-21-14-17(15-25)12-13-20(21)28-16-22(26)24-23(18-8-4-2-5-9-18)19-10-6-3-7-11-19/h2-15,23H,16H2,1H3,(H,24,26). The predicted octanol–water partition coefficient (Wildman–Crippen LogP) is 3.79. The first-order valence-corrected chi connectivity index (χ1v) is 8.86. The van der Waals surface area contributed by atoms with Crippen LogP contribution in [0.5, 0.6) is 11.5 Å². The van der Waals surface area contributed by atoms with Crippen LogP contribution in [0.25, 0.3) is 0 Å². The van der Waals surface area contributed by atoms with E-state index in [0.29, 0.717) is 17.1 Å². The lowest BCUT2D eigenvalue weighted by Gasteiger charge is -2.20. The molecule has 3 aromatic rings. The molecule has 0 fully saturated rings. The topological polar surface area (TPSA) is 64.6 Å². The molecule has 142 valence electrons. The van der Waals surface area contributed by atoms with Gasteiger partial charge >= 0.3 is 0 Å². The number of amides is 1. The van der Waals surface area contributed by atoms with E-state index < -0.39 is 0 Å². The molecule has 1 N–H and O–H groups in total. The lowest BCUT2D eigenvalue weighted by molar-refractivity contribution is -0.123. The van der Waals surface area contributed by atoms with Gasteiger partial charge < -0.3 is 14.8 Å². The van der Waals surface area contributed by atoms with Crippen molar-refractivity contribution in [2.24, 2.45) is 0 Å². The smallest absolute Gasteiger partial charge is 0.258 e. The average molecular weight is 375 g/mol. The third-order valence-corrected chi connectivity index (χ3v) is 4.25. The monoisotopic (exact) mass is 375 g/mol. The van der Waals surface area contributed by atoms with Crippen LogP contribution in [-0.4, -0.2) is 25.9 Å². The summed E-state index contributed by atoms with van der Waals surface area (Å²) >= 11 is 0. The quantitative estimate of drug-likeness (QED) is 0.609. The molecule has 0 saturated carbocycles. The van der Waals surface area contributed by atoms with Gasteiger partial charge in [-0.3, -0.25) is 9.59 Å². The summed E-state index contributed by atoms with van der Waals surface area (Å²) in [4.78, 5) is 23.4. The summed E-state index contributed by atoms with van der Waals surface area (Å²) in [5.41, 5.74) is 2.44. The molecule has 0 atom stereocenters. The molecule has 1 amide bonds. The lowest BCUT2D eigenvalue weighted by Crippen LogP contribution is -2.33. The minimum Gasteiger partial charge on any atom is -0.493 e. The second kappa shape index (κ2) is 9.37. The molecule has 0 aliphatic rings. The Morgan fingerprint density at radius 2 is 1.54 bits per heavy atom. The fourth-order valence-corrected chi connectivity index (χ4v) is 2.87. The molecule has 0 spiro atoms. The van der Waals surface area contributed by atoms with Crippen molar-refractivity contribution < 1.29 is 19.1 Å². The molecule has 0 saturated heterocycles. The van der Waals surface area contributed by atoms with Crippen molar-refractivity contribution in [2.75, 3.05) is 13.7 Å². The van der Waals surface area contributed by atoms with Gasteiger partial charge in [0.05, 0.1) is 13.2 Å². The molecule has 0 aromatic heterocycles. The van der Waals surface area contributed by atoms with Crippen LogP contribution in [0.3, 0.4) is 0 Å². The van der Waals surface area contributed by atoms with Gasteiger partial charge in [-0.15, -0.1) is 0 Å². The van der Waals surface area contributed by atoms with E-state index in [4.69, 9.17) is 9.47 Å². The molecule has 0 unspecified atom stereocenters. The number of hydrogen-bond donors (Lipinski definition) is 1. The average Bonchev–Trinajstić information content (AvgIpc) is 2.77. The van der Waals surface area contributed by atoms with Gasteiger partial charge in [0.1, 0.15) is 6.29 Å². The van der Waals surface area contributed by atoms with E-state index in [1.807, 2.05) is 60.7 Å². The molecule has 3 rings (SSSR count). The van der Waals surface area contributed by atoms with Crippen LogP contribution in [0.1, 0.15) is 27.5 Å². The number of methoxy groups -OCH3 is 1. The molecular weight excluding hydrogens is 354 g/mol. The maximum Gasteiger partial charge on any atom is 0.258 e. The van der Waals surface area contributed by atoms with Crippen molar-refractivity contribution >= 4 is 12.2 Å². The number of carbonyl (C=O) groups excluding carboxylic acids is 2. The van der Waals surface area contributed by atoms with Crippen molar-refractivity contribution in [3.05, 3.63) is 95.6 Å². The van der Waals surface area contributed by atoms with E-state index in [1.165, 1.54) is 7.11 Å². The SMILES string of the molecule is COc1cc(C=O)ccc1OCC(=O)NC(c1ccccc1)c1ccccc1. The first kappa shape index (κ1) is 19.2. The van der Waals surface area contributed by atoms with Crippen molar-refractivity contribution in [1.82, 2.24) is 5.32 Å². The summed E-state index contributed by atoms with van der Waals surface area (Å²) in [7, 11) is 1.48. The third kappa shape index (κ3) is 4.76. The van der Waals surface area contributed by atoms with Gasteiger partial charge in [-0.25, -0.2) is 0 Å². The van der Waals surface area contributed by atoms with Gasteiger partial charge in [0, 0.05) is 5.56 Å². The molecule has 0 bridgehead atoms. The van der Waals surface area contributed by atoms with Crippen LogP contribution in [0.2, 0.25) is 0 Å². The molecule has 0 aliphatic heterocycles. The minimum atomic E-state index is -0.280. The van der Waals surface area contributed by atoms with E-state index in [1.54, 1.807) is 18.2 Å². The fourth-order valence-electron chi connectivity index (χ4n) is 2.87. The highest BCUT2D eigenvalue weighted by Gasteiger charge is 2.17. The van der Waals surface area contributed by atoms with Gasteiger partial charge in [0.15, 0.2) is 18.1 Å². The second-order valence-electron chi connectivity index (χ2n) is 6.14. The number of carbonyl (C=O) groups is 2. The van der Waals surface area contributed by atoms with Crippen molar-refractivity contribution in [1.29, 1.82) is 0 Å². The first-order valence-electron chi connectivity index (χ1n) is 8.86. The highest BCUT2D eigenvalue weighted by molar-refractivity contribution is 5.79. The Bertz CT molecular complexity index is 886. The summed E-state index contributed by atoms with van der Waals surface area (Å²) < 4.78 is 10.8. The van der Waals surface area contributed by atoms with Crippen molar-refractivity contribution in [3.8, 4) is 11.5 Å². The van der Waals surface area contributed by atoms with Gasteiger partial charge in [0.25, 0.3) is 5.91 Å². The van der Waals surface area contributed by atoms with Crippen LogP contribution >= 0.6 is 0 Å². The van der Waals surface area contributed by atoms with Crippen LogP contribution in [-0.2, 0) is 4.79 Å². The molecule has 0 radical (unpaired) electrons. The Kier molecular flexibility index (Phi) is 6.41. The van der Waals surface area contributed by atoms with Crippen LogP contribution in [0.15, 0.2) is 78.9 Å². The van der Waals surface area contributed by atoms with Gasteiger partial charge in [-0.1, -0.05) is 60.7 Å². The fraction of sp³-hybridized carbons (Fsp3) is 0.130. The Morgan fingerprint density at radius 1 is 0.929 bits per heavy atom. The minimum absolute atomic E-state index is 0.174. The summed E-state index contributed by atoms with van der Waals surface area (Å²) in [6.45, 7) is -0.174. The summed E-state index contributed by atoms with van der Waals surface area (Å²) in [5.74, 6) is 0.540. The molecule has 3 aromatic carbocycles. The van der Waals surface area contributed by atoms with Gasteiger partial charge in [0.2, 0.25) is 0 Å². The maximum absolute atomic E-state index is 12.6. The Hall–Kier alpha value is -3.60. The van der Waals surface area contributed by atoms with E-state index in [9.17, 15) is 9.59 Å². The molecule has 5 nitrogen and oxygen atoms in total. The second-order valence-corrected chi connectivity index (χ2v) is 6.14. The van der Waals surface area contributed by atoms with Gasteiger partial charge in [-0.2, -0.15) is 0 Å². The molecule has 28 heavy (non-hydrogen) atoms. The highest BCUT2D eigenvalue weighted by atomic mass is 16.5. The number of rotatable bonds is 8. The maximum atomic E-state index is 12.6. The number of nitrogens with one attached hydrogen (secondary N) is 1. The highest BCUT2D eigenvalue weighted by Crippen LogP contribution is 2.27. The molecular formula is C23H21NO4. The normalized spacial score (nSPS) is 10.4. The number of benzene rings is 3. The van der Waals surface area contributed by atoms with E-state index in [2.05, 4.69) is 5.32 Å². The van der Waals surface area contributed by atoms with E-state index >= 15 is 0 Å². The summed E-state index contributed by atoms with van der Waals surface area (Å²) in [6.07, 6.45) is 0.726. The van der Waals surface area contributed by atoms with E-state index in [0.717, 1.165) is 17.4 Å². The molecule has 0 aliphatic carbocycles. The third-order valence-electron chi connectivity index (χ3n) is 4.25. The number of hydrogen-bond acceptors (Lipinski definition) is 4. The Balaban J connectivity index is 1.72. The van der Waals surface area contributed by atoms with Crippen LogP contribution in [0, 0.1) is 0 Å². The first-order chi connectivity index (χ1) is 13.7. The largest absolute Gasteiger partial charge is 0.493 e. The van der Waals surface area contributed by atoms with Crippen molar-refractivity contribution in [2.45, 2.75) is 6.04 Å². The summed E-state index contributed by atoms with van der Waals surface area (Å²) in [6, 6.07) is 24.0. The van der Waals surface area contributed by atoms with Crippen LogP contribution in [0.4, 0.5) is 0 Å². The van der Waals surface area contributed by atoms with Gasteiger partial charge in [-0.05, 0) is 29.3 Å². The van der Waals surface area contributed by atoms with Crippen LogP contribution < -0.4 is 14.8 Å². The van der Waals surface area contributed by atoms with E-state index in [-0.39, 0.29) is 18.6 Å². The van der Waals surface area contributed by atoms with Crippen molar-refractivity contribution in [3.63, 3.8) is 0 Å². The zero-order valence-corrected chi connectivity index (χ0v) is 15.5. The summed E-state index contributed by atoms with van der Waals surface area (Å²) in [5, 5.41) is 3.02. The molecule has 5 heteroatoms. The number of aldehydes is 1. The predicted molar refractivity (Wildman–Crippen MR) is 107 cm³/mol. The zero-order valence-electron chi connectivity index (χ0n) is 15.5. The Labute approximate surface area is 163 Å². The zero-order chi connectivity index (χ0) is 19.8. The number of ether oxygens (including phenoxy) is 2. The Morgan fingerprint density at radius 3 is 2.07 bits per heavy atom. The lowest BCUT2D eigenvalue weighted by atomic mass is 9.99. The molecule has 0 heterocycles.